The molecule has 0 bridgehead atoms. The molecule has 0 spiro atoms. The Kier molecular flexibility index (Phi) is 3.06. The van der Waals surface area contributed by atoms with Crippen molar-refractivity contribution in [2.24, 2.45) is 5.73 Å². The average Bonchev–Trinajstić information content (AvgIpc) is 2.75. The van der Waals surface area contributed by atoms with Gasteiger partial charge in [-0.3, -0.25) is 9.59 Å². The van der Waals surface area contributed by atoms with Gasteiger partial charge in [0.2, 0.25) is 5.91 Å². The number of nitrogens with one attached hydrogen (secondary N) is 1. The van der Waals surface area contributed by atoms with Gasteiger partial charge in [-0.1, -0.05) is 18.7 Å². The zero-order valence-electron chi connectivity index (χ0n) is 11.2. The first-order chi connectivity index (χ1) is 9.60. The highest BCUT2D eigenvalue weighted by Gasteiger charge is 2.36. The third-order valence-electron chi connectivity index (χ3n) is 3.96. The van der Waals surface area contributed by atoms with Gasteiger partial charge in [-0.15, -0.1) is 0 Å². The molecular weight excluding hydrogens is 254 g/mol. The minimum absolute atomic E-state index is 0.00544. The zero-order chi connectivity index (χ0) is 14.3. The fraction of sp³-hybridized carbons (Fsp3) is 0.333. The molecule has 2 aliphatic rings. The number of piperidine rings is 1. The maximum atomic E-state index is 12.5. The van der Waals surface area contributed by atoms with Gasteiger partial charge in [0.1, 0.15) is 0 Å². The molecule has 1 fully saturated rings. The van der Waals surface area contributed by atoms with E-state index in [1.165, 1.54) is 0 Å². The van der Waals surface area contributed by atoms with E-state index in [1.54, 1.807) is 4.90 Å². The summed E-state index contributed by atoms with van der Waals surface area (Å²) in [6, 6.07) is 5.59. The van der Waals surface area contributed by atoms with Crippen LogP contribution in [0.5, 0.6) is 0 Å². The molecule has 1 aromatic carbocycles. The number of carbonyl (C=O) groups excluding carboxylic acids is 2. The molecule has 0 aromatic heterocycles. The summed E-state index contributed by atoms with van der Waals surface area (Å²) < 4.78 is 0. The van der Waals surface area contributed by atoms with E-state index in [9.17, 15) is 9.59 Å². The number of amides is 2. The van der Waals surface area contributed by atoms with Gasteiger partial charge >= 0.3 is 0 Å². The van der Waals surface area contributed by atoms with Crippen LogP contribution >= 0.6 is 0 Å². The lowest BCUT2D eigenvalue weighted by atomic mass is 10.0. The molecule has 5 nitrogen and oxygen atoms in total. The highest BCUT2D eigenvalue weighted by atomic mass is 16.2. The van der Waals surface area contributed by atoms with Crippen LogP contribution in [0.25, 0.3) is 0 Å². The Bertz CT molecular complexity index is 609. The topological polar surface area (TPSA) is 75.4 Å². The van der Waals surface area contributed by atoms with Gasteiger partial charge in [-0.25, -0.2) is 0 Å². The smallest absolute Gasteiger partial charge is 0.255 e. The molecule has 104 valence electrons. The number of rotatable bonds is 2. The monoisotopic (exact) mass is 271 g/mol. The molecule has 1 atom stereocenters. The molecular formula is C15H17N3O2. The summed E-state index contributed by atoms with van der Waals surface area (Å²) in [5, 5.41) is 2.73. The van der Waals surface area contributed by atoms with Gasteiger partial charge in [0.15, 0.2) is 0 Å². The minimum Gasteiger partial charge on any atom is -0.328 e. The zero-order valence-corrected chi connectivity index (χ0v) is 11.2. The first kappa shape index (κ1) is 12.9. The van der Waals surface area contributed by atoms with Crippen molar-refractivity contribution in [1.82, 2.24) is 10.2 Å². The second kappa shape index (κ2) is 4.76. The van der Waals surface area contributed by atoms with E-state index in [4.69, 9.17) is 5.73 Å². The molecule has 0 saturated carbocycles. The molecule has 1 saturated heterocycles. The van der Waals surface area contributed by atoms with Crippen molar-refractivity contribution >= 4 is 11.8 Å². The SMILES string of the molecule is C=C1NC(=O)CCC1N1Cc2cc(CN)ccc2C1=O. The summed E-state index contributed by atoms with van der Waals surface area (Å²) in [7, 11) is 0. The second-order valence-corrected chi connectivity index (χ2v) is 5.26. The Morgan fingerprint density at radius 3 is 2.90 bits per heavy atom. The lowest BCUT2D eigenvalue weighted by Crippen LogP contribution is -2.45. The molecule has 1 aromatic rings. The maximum Gasteiger partial charge on any atom is 0.255 e. The third kappa shape index (κ3) is 2.00. The first-order valence-electron chi connectivity index (χ1n) is 6.71. The van der Waals surface area contributed by atoms with Crippen LogP contribution in [0.15, 0.2) is 30.5 Å². The summed E-state index contributed by atoms with van der Waals surface area (Å²) in [6.45, 7) is 4.90. The quantitative estimate of drug-likeness (QED) is 0.839. The molecule has 20 heavy (non-hydrogen) atoms. The second-order valence-electron chi connectivity index (χ2n) is 5.26. The fourth-order valence-electron chi connectivity index (χ4n) is 2.89. The van der Waals surface area contributed by atoms with Crippen LogP contribution in [0.4, 0.5) is 0 Å². The van der Waals surface area contributed by atoms with Crippen LogP contribution in [0, 0.1) is 0 Å². The average molecular weight is 271 g/mol. The van der Waals surface area contributed by atoms with E-state index in [0.29, 0.717) is 31.6 Å². The van der Waals surface area contributed by atoms with Crippen molar-refractivity contribution < 1.29 is 9.59 Å². The standard InChI is InChI=1S/C15H17N3O2/c1-9-13(4-5-14(19)17-9)18-8-11-6-10(7-16)2-3-12(11)15(18)20/h2-3,6,13H,1,4-5,7-8,16H2,(H,17,19). The predicted octanol–water partition coefficient (Wildman–Crippen LogP) is 0.893. The molecule has 0 aliphatic carbocycles. The van der Waals surface area contributed by atoms with Gasteiger partial charge in [-0.2, -0.15) is 0 Å². The summed E-state index contributed by atoms with van der Waals surface area (Å²) in [5.74, 6) is -0.0216. The van der Waals surface area contributed by atoms with Crippen molar-refractivity contribution in [3.8, 4) is 0 Å². The highest BCUT2D eigenvalue weighted by Crippen LogP contribution is 2.30. The Morgan fingerprint density at radius 2 is 2.20 bits per heavy atom. The minimum atomic E-state index is -0.117. The number of carbonyl (C=O) groups is 2. The van der Waals surface area contributed by atoms with E-state index in [-0.39, 0.29) is 17.9 Å². The van der Waals surface area contributed by atoms with Crippen molar-refractivity contribution in [2.75, 3.05) is 0 Å². The summed E-state index contributed by atoms with van der Waals surface area (Å²) in [5.41, 5.74) is 9.00. The Morgan fingerprint density at radius 1 is 1.40 bits per heavy atom. The molecule has 2 aliphatic heterocycles. The Balaban J connectivity index is 1.86. The molecule has 5 heteroatoms. The molecule has 3 rings (SSSR count). The highest BCUT2D eigenvalue weighted by molar-refractivity contribution is 5.99. The van der Waals surface area contributed by atoms with E-state index >= 15 is 0 Å². The number of hydrogen-bond donors (Lipinski definition) is 2. The van der Waals surface area contributed by atoms with Gasteiger partial charge in [-0.05, 0) is 23.6 Å². The fourth-order valence-corrected chi connectivity index (χ4v) is 2.89. The van der Waals surface area contributed by atoms with E-state index in [2.05, 4.69) is 11.9 Å². The normalized spacial score (nSPS) is 21.9. The number of nitrogens with two attached hydrogens (primary N) is 1. The predicted molar refractivity (Wildman–Crippen MR) is 74.5 cm³/mol. The van der Waals surface area contributed by atoms with E-state index in [1.807, 2.05) is 18.2 Å². The van der Waals surface area contributed by atoms with Crippen LogP contribution in [-0.2, 0) is 17.9 Å². The van der Waals surface area contributed by atoms with Crippen LogP contribution in [0.3, 0.4) is 0 Å². The van der Waals surface area contributed by atoms with E-state index in [0.717, 1.165) is 16.7 Å². The summed E-state index contributed by atoms with van der Waals surface area (Å²) in [6.07, 6.45) is 1.06. The van der Waals surface area contributed by atoms with Crippen LogP contribution in [-0.4, -0.2) is 22.8 Å². The van der Waals surface area contributed by atoms with Crippen molar-refractivity contribution in [3.63, 3.8) is 0 Å². The molecule has 1 unspecified atom stereocenters. The molecule has 3 N–H and O–H groups in total. The van der Waals surface area contributed by atoms with Gasteiger partial charge < -0.3 is 16.0 Å². The van der Waals surface area contributed by atoms with Crippen molar-refractivity contribution in [3.05, 3.63) is 47.2 Å². The Hall–Kier alpha value is -2.14. The lowest BCUT2D eigenvalue weighted by molar-refractivity contribution is -0.121. The van der Waals surface area contributed by atoms with Crippen molar-refractivity contribution in [2.45, 2.75) is 32.0 Å². The van der Waals surface area contributed by atoms with Crippen LogP contribution < -0.4 is 11.1 Å². The van der Waals surface area contributed by atoms with E-state index < -0.39 is 0 Å². The largest absolute Gasteiger partial charge is 0.328 e. The van der Waals surface area contributed by atoms with Gasteiger partial charge in [0.05, 0.1) is 6.04 Å². The maximum absolute atomic E-state index is 12.5. The summed E-state index contributed by atoms with van der Waals surface area (Å²) >= 11 is 0. The first-order valence-corrected chi connectivity index (χ1v) is 6.71. The number of fused-ring (bicyclic) bond motifs is 1. The van der Waals surface area contributed by atoms with Crippen molar-refractivity contribution in [1.29, 1.82) is 0 Å². The Labute approximate surface area is 117 Å². The van der Waals surface area contributed by atoms with Crippen LogP contribution in [0.2, 0.25) is 0 Å². The molecule has 2 heterocycles. The summed E-state index contributed by atoms with van der Waals surface area (Å²) in [4.78, 5) is 25.6. The molecule has 2 amide bonds. The number of benzene rings is 1. The third-order valence-corrected chi connectivity index (χ3v) is 3.96. The number of hydrogen-bond acceptors (Lipinski definition) is 3. The molecule has 0 radical (unpaired) electrons. The number of nitrogens with zero attached hydrogens (tertiary/aromatic N) is 1. The van der Waals surface area contributed by atoms with Gasteiger partial charge in [0.25, 0.3) is 5.91 Å². The van der Waals surface area contributed by atoms with Crippen LogP contribution in [0.1, 0.15) is 34.3 Å². The lowest BCUT2D eigenvalue weighted by Gasteiger charge is -2.32. The van der Waals surface area contributed by atoms with Gasteiger partial charge in [0, 0.05) is 30.8 Å².